The number of carboxylic acid groups (broad SMARTS) is 1. The molecular formula is C42H62BrF5N6O7. The average Bonchev–Trinajstić information content (AvgIpc) is 3.64. The van der Waals surface area contributed by atoms with Crippen LogP contribution in [0.5, 0.6) is 0 Å². The summed E-state index contributed by atoms with van der Waals surface area (Å²) in [5.74, 6) is -5.81. The second-order valence-electron chi connectivity index (χ2n) is 13.2. The molecule has 2 aromatic carbocycles. The second-order valence-corrected chi connectivity index (χ2v) is 13.7. The largest absolute Gasteiger partial charge is 0.490 e. The maximum atomic E-state index is 15.0. The lowest BCUT2D eigenvalue weighted by atomic mass is 9.82. The van der Waals surface area contributed by atoms with E-state index in [-0.39, 0.29) is 49.4 Å². The summed E-state index contributed by atoms with van der Waals surface area (Å²) in [6, 6.07) is 12.8. The highest BCUT2D eigenvalue weighted by Gasteiger charge is 2.39. The van der Waals surface area contributed by atoms with Crippen molar-refractivity contribution in [3.05, 3.63) is 83.7 Å². The highest BCUT2D eigenvalue weighted by atomic mass is 79.9. The van der Waals surface area contributed by atoms with Crippen LogP contribution in [-0.4, -0.2) is 99.6 Å². The first kappa shape index (κ1) is 58.2. The number of carbonyl (C=O) groups is 5. The molecule has 13 nitrogen and oxygen atoms in total. The molecule has 344 valence electrons. The zero-order valence-corrected chi connectivity index (χ0v) is 37.8. The summed E-state index contributed by atoms with van der Waals surface area (Å²) in [7, 11) is 0. The minimum Gasteiger partial charge on any atom is -0.475 e. The summed E-state index contributed by atoms with van der Waals surface area (Å²) < 4.78 is 62.8. The van der Waals surface area contributed by atoms with Gasteiger partial charge in [-0.25, -0.2) is 13.6 Å². The van der Waals surface area contributed by atoms with Gasteiger partial charge >= 0.3 is 12.1 Å². The number of amides is 4. The molecule has 3 rings (SSSR count). The van der Waals surface area contributed by atoms with Crippen LogP contribution in [0.4, 0.5) is 22.0 Å². The third-order valence-electron chi connectivity index (χ3n) is 7.81. The highest BCUT2D eigenvalue weighted by Crippen LogP contribution is 2.41. The number of hydrogen-bond donors (Lipinski definition) is 6. The van der Waals surface area contributed by atoms with Gasteiger partial charge in [-0.15, -0.1) is 0 Å². The van der Waals surface area contributed by atoms with Gasteiger partial charge in [0.2, 0.25) is 23.6 Å². The third-order valence-corrected chi connectivity index (χ3v) is 8.32. The van der Waals surface area contributed by atoms with Crippen LogP contribution in [0.3, 0.4) is 0 Å². The molecule has 0 saturated heterocycles. The molecule has 0 radical (unpaired) electrons. The van der Waals surface area contributed by atoms with Crippen molar-refractivity contribution in [2.45, 2.75) is 93.5 Å². The van der Waals surface area contributed by atoms with Gasteiger partial charge in [0, 0.05) is 49.2 Å². The van der Waals surface area contributed by atoms with Gasteiger partial charge in [-0.05, 0) is 41.7 Å². The van der Waals surface area contributed by atoms with E-state index in [4.69, 9.17) is 15.6 Å². The molecule has 4 amide bonds. The van der Waals surface area contributed by atoms with E-state index < -0.39 is 65.6 Å². The van der Waals surface area contributed by atoms with Crippen molar-refractivity contribution < 1.29 is 56.1 Å². The number of nitrogens with one attached hydrogen (secondary N) is 3. The Hall–Kier alpha value is -4.88. The topological polar surface area (TPSA) is 196 Å². The molecule has 0 aliphatic rings. The number of halogens is 6. The van der Waals surface area contributed by atoms with Crippen molar-refractivity contribution in [1.82, 2.24) is 25.4 Å². The fourth-order valence-corrected chi connectivity index (χ4v) is 5.52. The fraction of sp³-hybridized carbons (Fsp3) is 0.500. The Labute approximate surface area is 363 Å². The van der Waals surface area contributed by atoms with Gasteiger partial charge in [0.05, 0.1) is 24.0 Å². The summed E-state index contributed by atoms with van der Waals surface area (Å²) in [6.07, 6.45) is -3.33. The van der Waals surface area contributed by atoms with Crippen molar-refractivity contribution >= 4 is 45.5 Å². The van der Waals surface area contributed by atoms with E-state index >= 15 is 0 Å². The number of aliphatic hydroxyl groups excluding tert-OH is 1. The molecule has 61 heavy (non-hydrogen) atoms. The van der Waals surface area contributed by atoms with Crippen LogP contribution in [0.25, 0.3) is 11.1 Å². The van der Waals surface area contributed by atoms with Crippen molar-refractivity contribution in [1.29, 1.82) is 0 Å². The van der Waals surface area contributed by atoms with Gasteiger partial charge in [0.25, 0.3) is 0 Å². The minimum absolute atomic E-state index is 0.0000978. The molecule has 1 heterocycles. The predicted octanol–water partition coefficient (Wildman–Crippen LogP) is 6.56. The number of carboxylic acids is 1. The maximum Gasteiger partial charge on any atom is 0.490 e. The first-order valence-corrected chi connectivity index (χ1v) is 20.8. The number of nitrogens with zero attached hydrogens (tertiary/aromatic N) is 2. The summed E-state index contributed by atoms with van der Waals surface area (Å²) >= 11 is 2.99. The number of hydrogen-bond acceptors (Lipinski definition) is 7. The molecule has 0 spiro atoms. The number of aromatic nitrogens is 1. The molecular weight excluding hydrogens is 875 g/mol. The van der Waals surface area contributed by atoms with Gasteiger partial charge in [-0.2, -0.15) is 13.2 Å². The Balaban J connectivity index is 0. The average molecular weight is 938 g/mol. The van der Waals surface area contributed by atoms with Crippen molar-refractivity contribution in [3.63, 3.8) is 0 Å². The first-order chi connectivity index (χ1) is 28.7. The Morgan fingerprint density at radius 3 is 1.92 bits per heavy atom. The van der Waals surface area contributed by atoms with Crippen LogP contribution >= 0.6 is 15.9 Å². The number of alkyl halides is 4. The minimum atomic E-state index is -5.08. The Kier molecular flexibility index (Phi) is 28.8. The van der Waals surface area contributed by atoms with Crippen LogP contribution < -0.4 is 21.7 Å². The summed E-state index contributed by atoms with van der Waals surface area (Å²) in [6.45, 7) is 17.3. The van der Waals surface area contributed by atoms with E-state index in [1.807, 2.05) is 97.2 Å². The van der Waals surface area contributed by atoms with E-state index in [2.05, 4.69) is 31.9 Å². The SMILES string of the molecule is CC.CC.CC.CC(C)(C)C(c1cc(-c2cc(F)ccc2F)cn1Cc1ccccc1)N(CC[C@H](N)C(=O)NCCNC(=O)CNC(=O)CBr)C(=O)CO.O=C(O)C(F)(F)F. The van der Waals surface area contributed by atoms with E-state index in [9.17, 15) is 46.2 Å². The van der Waals surface area contributed by atoms with Gasteiger partial charge in [-0.3, -0.25) is 19.2 Å². The molecule has 3 aromatic rings. The fourth-order valence-electron chi connectivity index (χ4n) is 5.32. The number of aliphatic carboxylic acids is 1. The van der Waals surface area contributed by atoms with E-state index in [0.717, 1.165) is 23.8 Å². The number of rotatable bonds is 16. The molecule has 0 aliphatic heterocycles. The van der Waals surface area contributed by atoms with Gasteiger partial charge in [-0.1, -0.05) is 109 Å². The summed E-state index contributed by atoms with van der Waals surface area (Å²) in [5, 5.41) is 24.8. The summed E-state index contributed by atoms with van der Waals surface area (Å²) in [4.78, 5) is 59.6. The van der Waals surface area contributed by atoms with Crippen molar-refractivity contribution in [2.24, 2.45) is 11.1 Å². The molecule has 0 saturated carbocycles. The predicted molar refractivity (Wildman–Crippen MR) is 229 cm³/mol. The van der Waals surface area contributed by atoms with Crippen molar-refractivity contribution in [3.8, 4) is 11.1 Å². The maximum absolute atomic E-state index is 15.0. The molecule has 19 heteroatoms. The summed E-state index contributed by atoms with van der Waals surface area (Å²) in [5.41, 5.74) is 7.60. The van der Waals surface area contributed by atoms with Crippen LogP contribution in [0, 0.1) is 17.0 Å². The highest BCUT2D eigenvalue weighted by molar-refractivity contribution is 9.09. The van der Waals surface area contributed by atoms with Gasteiger partial charge in [0.15, 0.2) is 0 Å². The smallest absolute Gasteiger partial charge is 0.475 e. The molecule has 7 N–H and O–H groups in total. The van der Waals surface area contributed by atoms with E-state index in [1.54, 1.807) is 12.3 Å². The third kappa shape index (κ3) is 21.5. The monoisotopic (exact) mass is 936 g/mol. The number of benzene rings is 2. The Morgan fingerprint density at radius 1 is 0.852 bits per heavy atom. The quantitative estimate of drug-likeness (QED) is 0.0528. The number of aliphatic hydroxyl groups is 1. The lowest BCUT2D eigenvalue weighted by Crippen LogP contribution is -2.48. The molecule has 2 atom stereocenters. The number of nitrogens with two attached hydrogens (primary N) is 1. The zero-order valence-electron chi connectivity index (χ0n) is 36.3. The van der Waals surface area contributed by atoms with Crippen LogP contribution in [0.1, 0.15) is 86.0 Å². The molecule has 1 aromatic heterocycles. The molecule has 0 fully saturated rings. The Bertz CT molecular complexity index is 1770. The van der Waals surface area contributed by atoms with E-state index in [0.29, 0.717) is 17.8 Å². The lowest BCUT2D eigenvalue weighted by Gasteiger charge is -2.41. The normalized spacial score (nSPS) is 11.5. The molecule has 0 aliphatic carbocycles. The van der Waals surface area contributed by atoms with E-state index in [1.165, 1.54) is 4.90 Å². The van der Waals surface area contributed by atoms with Crippen LogP contribution in [0.15, 0.2) is 60.8 Å². The lowest BCUT2D eigenvalue weighted by molar-refractivity contribution is -0.192. The molecule has 1 unspecified atom stereocenters. The Morgan fingerprint density at radius 2 is 1.41 bits per heavy atom. The second kappa shape index (κ2) is 30.2. The molecule has 0 bridgehead atoms. The van der Waals surface area contributed by atoms with Crippen molar-refractivity contribution in [2.75, 3.05) is 38.1 Å². The zero-order chi connectivity index (χ0) is 47.5. The standard InChI is InChI=1S/C34H43BrF2N6O5.C2HF3O2.3C2H6/c1-34(2,3)32(28-15-23(25-16-24(36)9-10-26(25)37)20-42(28)19-22-7-5-4-6-8-22)43(31(47)21-44)14-11-27(38)33(48)40-13-12-39-30(46)18-41-29(45)17-35;3-2(4,5)1(6)7;3*1-2/h4-10,15-16,20,27,32,44H,11-14,17-19,21,38H2,1-3H3,(H,39,46)(H,40,48)(H,41,45);(H,6,7);3*1-2H3/t27-,32?;;;;/m0..../s1. The van der Waals surface area contributed by atoms with Crippen LogP contribution in [0.2, 0.25) is 0 Å². The van der Waals surface area contributed by atoms with Gasteiger partial charge in [0.1, 0.15) is 18.2 Å². The van der Waals surface area contributed by atoms with Gasteiger partial charge < -0.3 is 41.4 Å². The number of carbonyl (C=O) groups excluding carboxylic acids is 4. The van der Waals surface area contributed by atoms with Crippen LogP contribution in [-0.2, 0) is 30.5 Å². The first-order valence-electron chi connectivity index (χ1n) is 19.7.